The molecule has 21 heavy (non-hydrogen) atoms. The minimum absolute atomic E-state index is 0.349. The summed E-state index contributed by atoms with van der Waals surface area (Å²) < 4.78 is 0. The molecule has 112 valence electrons. The van der Waals surface area contributed by atoms with Gasteiger partial charge in [0, 0.05) is 16.6 Å². The molecule has 0 fully saturated rings. The van der Waals surface area contributed by atoms with E-state index in [1.807, 2.05) is 37.4 Å². The van der Waals surface area contributed by atoms with Gasteiger partial charge >= 0.3 is 5.97 Å². The number of carboxylic acid groups (broad SMARTS) is 1. The molecule has 0 radical (unpaired) electrons. The summed E-state index contributed by atoms with van der Waals surface area (Å²) in [5, 5.41) is 12.6. The number of aromatic amines is 1. The maximum atomic E-state index is 12.4. The monoisotopic (exact) mass is 306 g/mol. The molecule has 5 nitrogen and oxygen atoms in total. The van der Waals surface area contributed by atoms with Crippen LogP contribution in [0.25, 0.3) is 10.9 Å². The van der Waals surface area contributed by atoms with Crippen LogP contribution in [0.15, 0.2) is 24.3 Å². The predicted octanol–water partition coefficient (Wildman–Crippen LogP) is 2.41. The summed E-state index contributed by atoms with van der Waals surface area (Å²) >= 11 is 1.56. The van der Waals surface area contributed by atoms with Crippen LogP contribution in [-0.2, 0) is 4.79 Å². The van der Waals surface area contributed by atoms with Crippen molar-refractivity contribution in [2.75, 3.05) is 12.0 Å². The fourth-order valence-corrected chi connectivity index (χ4v) is 2.76. The first-order valence-corrected chi connectivity index (χ1v) is 8.04. The Bertz CT molecular complexity index is 666. The second kappa shape index (κ2) is 6.67. The van der Waals surface area contributed by atoms with Gasteiger partial charge < -0.3 is 15.4 Å². The highest BCUT2D eigenvalue weighted by Crippen LogP contribution is 2.21. The molecule has 0 spiro atoms. The van der Waals surface area contributed by atoms with Gasteiger partial charge in [-0.1, -0.05) is 18.2 Å². The van der Waals surface area contributed by atoms with Crippen LogP contribution < -0.4 is 5.32 Å². The Labute approximate surface area is 127 Å². The van der Waals surface area contributed by atoms with Crippen LogP contribution in [0.2, 0.25) is 0 Å². The van der Waals surface area contributed by atoms with Crippen molar-refractivity contribution < 1.29 is 14.7 Å². The zero-order valence-corrected chi connectivity index (χ0v) is 12.8. The Hall–Kier alpha value is -1.95. The third-order valence-electron chi connectivity index (χ3n) is 3.33. The lowest BCUT2D eigenvalue weighted by atomic mass is 10.1. The molecular formula is C15H18N2O3S. The number of hydrogen-bond acceptors (Lipinski definition) is 3. The molecule has 0 bridgehead atoms. The summed E-state index contributed by atoms with van der Waals surface area (Å²) in [5.41, 5.74) is 2.12. The van der Waals surface area contributed by atoms with Crippen LogP contribution in [-0.4, -0.2) is 40.0 Å². The highest BCUT2D eigenvalue weighted by atomic mass is 32.2. The SMILES string of the molecule is CSCCC(NC(=O)c1c(C)[nH]c2ccccc12)C(=O)O. The third-order valence-corrected chi connectivity index (χ3v) is 3.98. The summed E-state index contributed by atoms with van der Waals surface area (Å²) in [6.07, 6.45) is 2.31. The minimum atomic E-state index is -1.00. The number of hydrogen-bond donors (Lipinski definition) is 3. The van der Waals surface area contributed by atoms with Gasteiger partial charge in [-0.25, -0.2) is 4.79 Å². The molecule has 2 rings (SSSR count). The van der Waals surface area contributed by atoms with Gasteiger partial charge in [0.1, 0.15) is 6.04 Å². The first-order valence-electron chi connectivity index (χ1n) is 6.64. The number of aliphatic carboxylic acids is 1. The number of fused-ring (bicyclic) bond motifs is 1. The molecule has 2 aromatic rings. The number of para-hydroxylation sites is 1. The molecule has 1 aromatic heterocycles. The fraction of sp³-hybridized carbons (Fsp3) is 0.333. The molecular weight excluding hydrogens is 288 g/mol. The van der Waals surface area contributed by atoms with Crippen molar-refractivity contribution >= 4 is 34.5 Å². The highest BCUT2D eigenvalue weighted by Gasteiger charge is 2.23. The lowest BCUT2D eigenvalue weighted by Crippen LogP contribution is -2.41. The van der Waals surface area contributed by atoms with Crippen molar-refractivity contribution in [1.29, 1.82) is 0 Å². The smallest absolute Gasteiger partial charge is 0.326 e. The molecule has 1 atom stereocenters. The van der Waals surface area contributed by atoms with E-state index in [-0.39, 0.29) is 5.91 Å². The maximum Gasteiger partial charge on any atom is 0.326 e. The van der Waals surface area contributed by atoms with E-state index >= 15 is 0 Å². The molecule has 3 N–H and O–H groups in total. The highest BCUT2D eigenvalue weighted by molar-refractivity contribution is 7.98. The van der Waals surface area contributed by atoms with Crippen molar-refractivity contribution in [3.05, 3.63) is 35.5 Å². The average molecular weight is 306 g/mol. The van der Waals surface area contributed by atoms with Crippen LogP contribution in [0.1, 0.15) is 22.5 Å². The Kier molecular flexibility index (Phi) is 4.90. The second-order valence-corrected chi connectivity index (χ2v) is 5.80. The summed E-state index contributed by atoms with van der Waals surface area (Å²) in [6.45, 7) is 1.81. The van der Waals surface area contributed by atoms with Crippen molar-refractivity contribution in [2.24, 2.45) is 0 Å². The summed E-state index contributed by atoms with van der Waals surface area (Å²) in [5.74, 6) is -0.669. The number of carboxylic acids is 1. The molecule has 1 amide bonds. The van der Waals surface area contributed by atoms with Crippen molar-refractivity contribution in [3.8, 4) is 0 Å². The third kappa shape index (κ3) is 3.39. The summed E-state index contributed by atoms with van der Waals surface area (Å²) in [7, 11) is 0. The number of aryl methyl sites for hydroxylation is 1. The van der Waals surface area contributed by atoms with Crippen LogP contribution in [0.3, 0.4) is 0 Å². The van der Waals surface area contributed by atoms with Gasteiger partial charge in [-0.2, -0.15) is 11.8 Å². The van der Waals surface area contributed by atoms with Crippen LogP contribution >= 0.6 is 11.8 Å². The van der Waals surface area contributed by atoms with E-state index in [4.69, 9.17) is 0 Å². The first-order chi connectivity index (χ1) is 10.0. The van der Waals surface area contributed by atoms with Crippen LogP contribution in [0.4, 0.5) is 0 Å². The standard InChI is InChI=1S/C15H18N2O3S/c1-9-13(10-5-3-4-6-11(10)16-9)14(18)17-12(15(19)20)7-8-21-2/h3-6,12,16H,7-8H2,1-2H3,(H,17,18)(H,19,20). The molecule has 1 aromatic carbocycles. The van der Waals surface area contributed by atoms with Gasteiger partial charge in [0.15, 0.2) is 0 Å². The van der Waals surface area contributed by atoms with E-state index in [1.54, 1.807) is 11.8 Å². The topological polar surface area (TPSA) is 82.2 Å². The molecule has 0 aliphatic carbocycles. The Morgan fingerprint density at radius 1 is 1.38 bits per heavy atom. The predicted molar refractivity (Wildman–Crippen MR) is 84.9 cm³/mol. The van der Waals surface area contributed by atoms with Crippen molar-refractivity contribution in [2.45, 2.75) is 19.4 Å². The van der Waals surface area contributed by atoms with Crippen LogP contribution in [0, 0.1) is 6.92 Å². The second-order valence-electron chi connectivity index (χ2n) is 4.82. The number of thioether (sulfide) groups is 1. The molecule has 0 aliphatic rings. The number of carbonyl (C=O) groups excluding carboxylic acids is 1. The van der Waals surface area contributed by atoms with Gasteiger partial charge in [0.2, 0.25) is 0 Å². The summed E-state index contributed by atoms with van der Waals surface area (Å²) in [4.78, 5) is 26.8. The first kappa shape index (κ1) is 15.4. The molecule has 1 unspecified atom stereocenters. The normalized spacial score (nSPS) is 12.3. The van der Waals surface area contributed by atoms with E-state index in [0.717, 1.165) is 16.6 Å². The Morgan fingerprint density at radius 2 is 2.10 bits per heavy atom. The van der Waals surface area contributed by atoms with Crippen molar-refractivity contribution in [3.63, 3.8) is 0 Å². The number of aromatic nitrogens is 1. The fourth-order valence-electron chi connectivity index (χ4n) is 2.29. The minimum Gasteiger partial charge on any atom is -0.480 e. The number of rotatable bonds is 6. The van der Waals surface area contributed by atoms with E-state index in [1.165, 1.54) is 0 Å². The number of carbonyl (C=O) groups is 2. The Morgan fingerprint density at radius 3 is 2.76 bits per heavy atom. The summed E-state index contributed by atoms with van der Waals surface area (Å²) in [6, 6.07) is 6.62. The van der Waals surface area contributed by atoms with Gasteiger partial charge in [0.05, 0.1) is 5.56 Å². The van der Waals surface area contributed by atoms with Gasteiger partial charge in [0.25, 0.3) is 5.91 Å². The van der Waals surface area contributed by atoms with E-state index < -0.39 is 12.0 Å². The van der Waals surface area contributed by atoms with E-state index in [9.17, 15) is 14.7 Å². The number of H-pyrrole nitrogens is 1. The van der Waals surface area contributed by atoms with E-state index in [2.05, 4.69) is 10.3 Å². The molecule has 0 aliphatic heterocycles. The Balaban J connectivity index is 2.25. The molecule has 6 heteroatoms. The largest absolute Gasteiger partial charge is 0.480 e. The molecule has 0 saturated carbocycles. The lowest BCUT2D eigenvalue weighted by molar-refractivity contribution is -0.139. The van der Waals surface area contributed by atoms with Crippen LogP contribution in [0.5, 0.6) is 0 Å². The maximum absolute atomic E-state index is 12.4. The quantitative estimate of drug-likeness (QED) is 0.765. The van der Waals surface area contributed by atoms with Crippen molar-refractivity contribution in [1.82, 2.24) is 10.3 Å². The van der Waals surface area contributed by atoms with Gasteiger partial charge in [-0.05, 0) is 31.4 Å². The molecule has 0 saturated heterocycles. The van der Waals surface area contributed by atoms with Gasteiger partial charge in [-0.3, -0.25) is 4.79 Å². The van der Waals surface area contributed by atoms with E-state index in [0.29, 0.717) is 17.7 Å². The lowest BCUT2D eigenvalue weighted by Gasteiger charge is -2.14. The zero-order chi connectivity index (χ0) is 15.4. The number of benzene rings is 1. The average Bonchev–Trinajstić information content (AvgIpc) is 2.78. The number of amides is 1. The molecule has 1 heterocycles. The van der Waals surface area contributed by atoms with Gasteiger partial charge in [-0.15, -0.1) is 0 Å². The number of nitrogens with one attached hydrogen (secondary N) is 2. The zero-order valence-electron chi connectivity index (χ0n) is 12.0.